The summed E-state index contributed by atoms with van der Waals surface area (Å²) in [5.41, 5.74) is 0. The van der Waals surface area contributed by atoms with Crippen molar-refractivity contribution in [2.45, 2.75) is 13.8 Å². The summed E-state index contributed by atoms with van der Waals surface area (Å²) in [5, 5.41) is 10.5. The van der Waals surface area contributed by atoms with Crippen molar-refractivity contribution in [3.8, 4) is 5.88 Å². The molecule has 0 spiro atoms. The van der Waals surface area contributed by atoms with E-state index in [1.807, 2.05) is 26.0 Å². The quantitative estimate of drug-likeness (QED) is 0.556. The summed E-state index contributed by atoms with van der Waals surface area (Å²) in [4.78, 5) is 7.84. The molecular weight excluding hydrogens is 140 g/mol. The van der Waals surface area contributed by atoms with Crippen molar-refractivity contribution in [3.63, 3.8) is 0 Å². The van der Waals surface area contributed by atoms with Crippen molar-refractivity contribution in [1.82, 2.24) is 9.97 Å². The van der Waals surface area contributed by atoms with Crippen LogP contribution in [0, 0.1) is 0 Å². The Morgan fingerprint density at radius 1 is 1.27 bits per heavy atom. The highest BCUT2D eigenvalue weighted by molar-refractivity contribution is 5.22. The summed E-state index contributed by atoms with van der Waals surface area (Å²) in [6, 6.07) is 0. The molecule has 0 aromatic carbocycles. The molecule has 3 heteroatoms. The van der Waals surface area contributed by atoms with Crippen LogP contribution >= 0.6 is 0 Å². The molecule has 1 aromatic rings. The summed E-state index contributed by atoms with van der Waals surface area (Å²) in [5.74, 6) is -0.0382. The molecule has 1 aromatic heterocycles. The molecule has 0 aliphatic carbocycles. The van der Waals surface area contributed by atoms with Crippen molar-refractivity contribution in [2.75, 3.05) is 0 Å². The molecule has 0 radical (unpaired) electrons. The molecule has 1 heterocycles. The molecule has 0 atom stereocenters. The Morgan fingerprint density at radius 2 is 1.91 bits per heavy atom. The van der Waals surface area contributed by atoms with Gasteiger partial charge in [-0.05, 0) is 13.8 Å². The van der Waals surface area contributed by atoms with Crippen LogP contribution in [-0.4, -0.2) is 15.1 Å². The molecule has 0 unspecified atom stereocenters. The minimum atomic E-state index is -0.0382. The van der Waals surface area contributed by atoms with Crippen molar-refractivity contribution in [1.29, 1.82) is 0 Å². The van der Waals surface area contributed by atoms with Crippen LogP contribution in [0.25, 0.3) is 12.2 Å². The number of aromatic hydroxyl groups is 1. The van der Waals surface area contributed by atoms with Gasteiger partial charge in [-0.3, -0.25) is 0 Å². The first-order valence-electron chi connectivity index (χ1n) is 3.42. The summed E-state index contributed by atoms with van der Waals surface area (Å²) in [6.07, 6.45) is 4.99. The second-order valence-corrected chi connectivity index (χ2v) is 2.08. The third-order valence-corrected chi connectivity index (χ3v) is 1.36. The van der Waals surface area contributed by atoms with E-state index in [9.17, 15) is 0 Å². The Balaban J connectivity index is 3.55. The van der Waals surface area contributed by atoms with Gasteiger partial charge in [0, 0.05) is 0 Å². The number of hydrogen-bond donors (Lipinski definition) is 1. The van der Waals surface area contributed by atoms with Crippen molar-refractivity contribution < 1.29 is 5.11 Å². The molecule has 58 valence electrons. The van der Waals surface area contributed by atoms with Gasteiger partial charge in [-0.15, -0.1) is 0 Å². The Bertz CT molecular complexity index is 357. The molecule has 0 aliphatic heterocycles. The van der Waals surface area contributed by atoms with E-state index in [4.69, 9.17) is 5.11 Å². The number of nitrogens with zero attached hydrogens (tertiary/aromatic N) is 2. The maximum absolute atomic E-state index is 8.96. The molecule has 11 heavy (non-hydrogen) atoms. The van der Waals surface area contributed by atoms with E-state index in [-0.39, 0.29) is 5.88 Å². The molecule has 0 fully saturated rings. The Labute approximate surface area is 64.7 Å². The lowest BCUT2D eigenvalue weighted by molar-refractivity contribution is 0.448. The van der Waals surface area contributed by atoms with Gasteiger partial charge in [-0.1, -0.05) is 12.2 Å². The molecular formula is C8H10N2O. The minimum Gasteiger partial charge on any atom is -0.492 e. The van der Waals surface area contributed by atoms with Gasteiger partial charge in [-0.2, -0.15) is 0 Å². The SMILES string of the molecule is CC=c1ncc(O)nc1=CC. The third-order valence-electron chi connectivity index (χ3n) is 1.36. The van der Waals surface area contributed by atoms with E-state index in [0.29, 0.717) is 5.35 Å². The number of hydrogen-bond acceptors (Lipinski definition) is 3. The zero-order valence-electron chi connectivity index (χ0n) is 6.57. The van der Waals surface area contributed by atoms with Crippen molar-refractivity contribution in [2.24, 2.45) is 0 Å². The largest absolute Gasteiger partial charge is 0.492 e. The van der Waals surface area contributed by atoms with Crippen LogP contribution in [0.1, 0.15) is 13.8 Å². The normalized spacial score (nSPS) is 14.0. The molecule has 0 amide bonds. The zero-order chi connectivity index (χ0) is 8.27. The molecule has 0 bridgehead atoms. The van der Waals surface area contributed by atoms with Gasteiger partial charge in [0.05, 0.1) is 16.9 Å². The monoisotopic (exact) mass is 150 g/mol. The summed E-state index contributed by atoms with van der Waals surface area (Å²) >= 11 is 0. The average molecular weight is 150 g/mol. The second kappa shape index (κ2) is 3.14. The van der Waals surface area contributed by atoms with Crippen LogP contribution in [0.2, 0.25) is 0 Å². The highest BCUT2D eigenvalue weighted by Crippen LogP contribution is 1.89. The van der Waals surface area contributed by atoms with Crippen LogP contribution in [0.15, 0.2) is 6.20 Å². The zero-order valence-corrected chi connectivity index (χ0v) is 6.57. The second-order valence-electron chi connectivity index (χ2n) is 2.08. The molecule has 0 saturated carbocycles. The van der Waals surface area contributed by atoms with Crippen LogP contribution in [-0.2, 0) is 0 Å². The number of rotatable bonds is 0. The smallest absolute Gasteiger partial charge is 0.230 e. The van der Waals surface area contributed by atoms with Crippen LogP contribution in [0.4, 0.5) is 0 Å². The van der Waals surface area contributed by atoms with Crippen LogP contribution in [0.5, 0.6) is 5.88 Å². The average Bonchev–Trinajstić information content (AvgIpc) is 2.04. The first kappa shape index (κ1) is 7.72. The number of aromatic nitrogens is 2. The van der Waals surface area contributed by atoms with Gasteiger partial charge in [0.2, 0.25) is 5.88 Å². The van der Waals surface area contributed by atoms with Crippen LogP contribution < -0.4 is 10.7 Å². The molecule has 3 nitrogen and oxygen atoms in total. The first-order chi connectivity index (χ1) is 5.27. The van der Waals surface area contributed by atoms with E-state index in [1.165, 1.54) is 6.20 Å². The van der Waals surface area contributed by atoms with E-state index >= 15 is 0 Å². The third kappa shape index (κ3) is 1.55. The fourth-order valence-electron chi connectivity index (χ4n) is 0.838. The standard InChI is InChI=1S/C8H10N2O/c1-3-6-7(4-2)10-8(11)5-9-6/h3-5H,1-2H3,(H,10,11). The summed E-state index contributed by atoms with van der Waals surface area (Å²) < 4.78 is 0. The first-order valence-corrected chi connectivity index (χ1v) is 3.42. The predicted molar refractivity (Wildman–Crippen MR) is 43.2 cm³/mol. The highest BCUT2D eigenvalue weighted by Gasteiger charge is 1.88. The lowest BCUT2D eigenvalue weighted by atomic mass is 10.4. The topological polar surface area (TPSA) is 46.0 Å². The Morgan fingerprint density at radius 3 is 2.45 bits per heavy atom. The molecule has 1 rings (SSSR count). The lowest BCUT2D eigenvalue weighted by Crippen LogP contribution is -2.30. The summed E-state index contributed by atoms with van der Waals surface area (Å²) in [7, 11) is 0. The fourth-order valence-corrected chi connectivity index (χ4v) is 0.838. The van der Waals surface area contributed by atoms with Crippen LogP contribution in [0.3, 0.4) is 0 Å². The highest BCUT2D eigenvalue weighted by atomic mass is 16.3. The minimum absolute atomic E-state index is 0.0382. The van der Waals surface area contributed by atoms with Crippen molar-refractivity contribution in [3.05, 3.63) is 16.9 Å². The summed E-state index contributed by atoms with van der Waals surface area (Å²) in [6.45, 7) is 3.74. The van der Waals surface area contributed by atoms with Gasteiger partial charge in [0.1, 0.15) is 0 Å². The van der Waals surface area contributed by atoms with Gasteiger partial charge >= 0.3 is 0 Å². The Kier molecular flexibility index (Phi) is 2.21. The lowest BCUT2D eigenvalue weighted by Gasteiger charge is -1.89. The van der Waals surface area contributed by atoms with Crippen molar-refractivity contribution >= 4 is 12.2 Å². The Hall–Kier alpha value is -1.38. The van der Waals surface area contributed by atoms with Gasteiger partial charge < -0.3 is 5.11 Å². The maximum atomic E-state index is 8.96. The fraction of sp³-hybridized carbons (Fsp3) is 0.250. The van der Waals surface area contributed by atoms with Gasteiger partial charge in [0.15, 0.2) is 0 Å². The molecule has 0 saturated heterocycles. The van der Waals surface area contributed by atoms with Gasteiger partial charge in [0.25, 0.3) is 0 Å². The molecule has 1 N–H and O–H groups in total. The van der Waals surface area contributed by atoms with E-state index in [2.05, 4.69) is 9.97 Å². The van der Waals surface area contributed by atoms with E-state index in [0.717, 1.165) is 5.35 Å². The van der Waals surface area contributed by atoms with E-state index < -0.39 is 0 Å². The van der Waals surface area contributed by atoms with Gasteiger partial charge in [-0.25, -0.2) is 9.97 Å². The maximum Gasteiger partial charge on any atom is 0.230 e. The van der Waals surface area contributed by atoms with E-state index in [1.54, 1.807) is 0 Å². The predicted octanol–water partition coefficient (Wildman–Crippen LogP) is -0.217. The molecule has 0 aliphatic rings.